The second-order valence-corrected chi connectivity index (χ2v) is 4.29. The molecule has 0 amide bonds. The maximum atomic E-state index is 5.91. The number of hydrogen-bond donors (Lipinski definition) is 0. The second-order valence-electron chi connectivity index (χ2n) is 4.29. The topological polar surface area (TPSA) is 9.23 Å². The summed E-state index contributed by atoms with van der Waals surface area (Å²) in [6.45, 7) is 10.4. The molecule has 0 aromatic carbocycles. The predicted molar refractivity (Wildman–Crippen MR) is 65.8 cm³/mol. The summed E-state index contributed by atoms with van der Waals surface area (Å²) in [4.78, 5) is 0. The molecule has 84 valence electrons. The molecule has 1 aliphatic rings. The van der Waals surface area contributed by atoms with E-state index in [-0.39, 0.29) is 0 Å². The largest absolute Gasteiger partial charge is 0.373 e. The Kier molecular flexibility index (Phi) is 5.41. The Morgan fingerprint density at radius 3 is 2.67 bits per heavy atom. The average molecular weight is 206 g/mol. The van der Waals surface area contributed by atoms with Crippen molar-refractivity contribution >= 4 is 0 Å². The van der Waals surface area contributed by atoms with Gasteiger partial charge >= 0.3 is 0 Å². The number of ether oxygens (including phenoxy) is 1. The molecule has 15 heavy (non-hydrogen) atoms. The summed E-state index contributed by atoms with van der Waals surface area (Å²) in [5, 5.41) is 0. The molecule has 1 saturated carbocycles. The molecule has 2 atom stereocenters. The van der Waals surface area contributed by atoms with Crippen LogP contribution >= 0.6 is 0 Å². The highest BCUT2D eigenvalue weighted by Crippen LogP contribution is 2.26. The van der Waals surface area contributed by atoms with Gasteiger partial charge in [0.05, 0.1) is 12.7 Å². The second kappa shape index (κ2) is 6.62. The molecule has 0 spiro atoms. The zero-order valence-electron chi connectivity index (χ0n) is 9.74. The molecule has 1 fully saturated rings. The molecule has 0 aliphatic heterocycles. The third kappa shape index (κ3) is 4.05. The van der Waals surface area contributed by atoms with Crippen molar-refractivity contribution in [2.45, 2.75) is 38.7 Å². The lowest BCUT2D eigenvalue weighted by Crippen LogP contribution is -2.26. The fourth-order valence-electron chi connectivity index (χ4n) is 2.06. The number of allylic oxidation sites excluding steroid dienone is 2. The molecular formula is C14H22O. The van der Waals surface area contributed by atoms with E-state index in [2.05, 4.69) is 20.1 Å². The molecule has 1 heteroatoms. The van der Waals surface area contributed by atoms with Crippen LogP contribution in [0.5, 0.6) is 0 Å². The molecule has 1 aliphatic carbocycles. The predicted octanol–water partition coefficient (Wildman–Crippen LogP) is 3.88. The molecular weight excluding hydrogens is 184 g/mol. The van der Waals surface area contributed by atoms with Crippen LogP contribution < -0.4 is 0 Å². The minimum absolute atomic E-state index is 0.437. The van der Waals surface area contributed by atoms with Crippen LogP contribution in [0.3, 0.4) is 0 Å². The van der Waals surface area contributed by atoms with Gasteiger partial charge in [-0.15, -0.1) is 0 Å². The third-order valence-corrected chi connectivity index (χ3v) is 3.09. The van der Waals surface area contributed by atoms with Crippen LogP contribution in [0.1, 0.15) is 32.6 Å². The highest BCUT2D eigenvalue weighted by Gasteiger charge is 2.21. The summed E-state index contributed by atoms with van der Waals surface area (Å²) in [6.07, 6.45) is 11.2. The maximum Gasteiger partial charge on any atom is 0.0720 e. The van der Waals surface area contributed by atoms with Gasteiger partial charge in [-0.1, -0.05) is 51.2 Å². The van der Waals surface area contributed by atoms with Crippen molar-refractivity contribution in [3.63, 3.8) is 0 Å². The Morgan fingerprint density at radius 2 is 2.07 bits per heavy atom. The van der Waals surface area contributed by atoms with Gasteiger partial charge in [-0.2, -0.15) is 0 Å². The zero-order valence-corrected chi connectivity index (χ0v) is 9.74. The van der Waals surface area contributed by atoms with Gasteiger partial charge in [-0.05, 0) is 24.3 Å². The van der Waals surface area contributed by atoms with Gasteiger partial charge in [0.15, 0.2) is 0 Å². The maximum absolute atomic E-state index is 5.91. The molecule has 1 nitrogen and oxygen atoms in total. The molecule has 0 heterocycles. The molecule has 0 N–H and O–H groups in total. The van der Waals surface area contributed by atoms with Crippen molar-refractivity contribution in [3.8, 4) is 0 Å². The summed E-state index contributed by atoms with van der Waals surface area (Å²) in [7, 11) is 0. The van der Waals surface area contributed by atoms with Crippen molar-refractivity contribution in [3.05, 3.63) is 37.0 Å². The Morgan fingerprint density at radius 1 is 1.33 bits per heavy atom. The van der Waals surface area contributed by atoms with E-state index in [1.165, 1.54) is 25.7 Å². The van der Waals surface area contributed by atoms with E-state index in [9.17, 15) is 0 Å². The highest BCUT2D eigenvalue weighted by molar-refractivity contribution is 5.21. The minimum atomic E-state index is 0.437. The van der Waals surface area contributed by atoms with Crippen LogP contribution in [0.4, 0.5) is 0 Å². The van der Waals surface area contributed by atoms with Crippen LogP contribution in [-0.2, 0) is 4.74 Å². The van der Waals surface area contributed by atoms with Gasteiger partial charge in [0.25, 0.3) is 0 Å². The van der Waals surface area contributed by atoms with Gasteiger partial charge in [0.2, 0.25) is 0 Å². The Bertz CT molecular complexity index is 240. The first-order valence-electron chi connectivity index (χ1n) is 5.83. The lowest BCUT2D eigenvalue weighted by molar-refractivity contribution is 0.00801. The number of rotatable bonds is 5. The summed E-state index contributed by atoms with van der Waals surface area (Å²) >= 11 is 0. The first-order chi connectivity index (χ1) is 7.27. The van der Waals surface area contributed by atoms with Crippen LogP contribution in [0, 0.1) is 5.92 Å². The first-order valence-corrected chi connectivity index (χ1v) is 5.83. The Hall–Kier alpha value is -0.820. The van der Waals surface area contributed by atoms with E-state index in [0.29, 0.717) is 18.6 Å². The van der Waals surface area contributed by atoms with Crippen molar-refractivity contribution in [1.29, 1.82) is 0 Å². The molecule has 0 aromatic heterocycles. The summed E-state index contributed by atoms with van der Waals surface area (Å²) in [5.41, 5.74) is 1.11. The van der Waals surface area contributed by atoms with Gasteiger partial charge in [-0.3, -0.25) is 0 Å². The fourth-order valence-corrected chi connectivity index (χ4v) is 2.06. The van der Waals surface area contributed by atoms with Crippen LogP contribution in [0.25, 0.3) is 0 Å². The molecule has 1 rings (SSSR count). The van der Waals surface area contributed by atoms with E-state index in [4.69, 9.17) is 4.74 Å². The van der Waals surface area contributed by atoms with E-state index >= 15 is 0 Å². The van der Waals surface area contributed by atoms with Crippen molar-refractivity contribution in [2.75, 3.05) is 6.61 Å². The van der Waals surface area contributed by atoms with E-state index in [1.807, 2.05) is 12.2 Å². The number of hydrogen-bond acceptors (Lipinski definition) is 1. The standard InChI is InChI=1S/C14H22O/c1-4-8-13(5-2)11-15-14-10-7-6-9-12(14)3/h4-5,8,12,14H,1-2,6-7,9-11H2,3H3/b13-8+/t12?,14-/m1/s1. The minimum Gasteiger partial charge on any atom is -0.373 e. The quantitative estimate of drug-likeness (QED) is 0.620. The third-order valence-electron chi connectivity index (χ3n) is 3.09. The molecule has 0 saturated heterocycles. The smallest absolute Gasteiger partial charge is 0.0720 e. The SMILES string of the molecule is C=C/C=C(\C=C)CO[C@@H]1CCCCC1C. The van der Waals surface area contributed by atoms with Crippen molar-refractivity contribution in [2.24, 2.45) is 5.92 Å². The highest BCUT2D eigenvalue weighted by atomic mass is 16.5. The normalized spacial score (nSPS) is 27.4. The fraction of sp³-hybridized carbons (Fsp3) is 0.571. The molecule has 0 bridgehead atoms. The Labute approximate surface area is 93.5 Å². The monoisotopic (exact) mass is 206 g/mol. The van der Waals surface area contributed by atoms with E-state index in [1.54, 1.807) is 6.08 Å². The lowest BCUT2D eigenvalue weighted by atomic mass is 9.88. The molecule has 0 aromatic rings. The van der Waals surface area contributed by atoms with Crippen molar-refractivity contribution < 1.29 is 4.74 Å². The van der Waals surface area contributed by atoms with Gasteiger partial charge < -0.3 is 4.74 Å². The molecule has 1 unspecified atom stereocenters. The van der Waals surface area contributed by atoms with Crippen LogP contribution in [0.2, 0.25) is 0 Å². The van der Waals surface area contributed by atoms with E-state index in [0.717, 1.165) is 5.57 Å². The Balaban J connectivity index is 2.37. The van der Waals surface area contributed by atoms with Crippen LogP contribution in [0.15, 0.2) is 37.0 Å². The average Bonchev–Trinajstić information content (AvgIpc) is 2.26. The lowest BCUT2D eigenvalue weighted by Gasteiger charge is -2.28. The summed E-state index contributed by atoms with van der Waals surface area (Å²) in [6, 6.07) is 0. The van der Waals surface area contributed by atoms with Crippen LogP contribution in [-0.4, -0.2) is 12.7 Å². The molecule has 0 radical (unpaired) electrons. The first kappa shape index (κ1) is 12.3. The van der Waals surface area contributed by atoms with Crippen molar-refractivity contribution in [1.82, 2.24) is 0 Å². The summed E-state index contributed by atoms with van der Waals surface area (Å²) in [5.74, 6) is 0.702. The van der Waals surface area contributed by atoms with Gasteiger partial charge in [0, 0.05) is 0 Å². The zero-order chi connectivity index (χ0) is 11.1. The van der Waals surface area contributed by atoms with Gasteiger partial charge in [0.1, 0.15) is 0 Å². The van der Waals surface area contributed by atoms with Gasteiger partial charge in [-0.25, -0.2) is 0 Å². The summed E-state index contributed by atoms with van der Waals surface area (Å²) < 4.78 is 5.91. The van der Waals surface area contributed by atoms with E-state index < -0.39 is 0 Å².